The molecule has 4 bridgehead atoms. The summed E-state index contributed by atoms with van der Waals surface area (Å²) in [6.45, 7) is 4.98. The Morgan fingerprint density at radius 1 is 1.16 bits per heavy atom. The van der Waals surface area contributed by atoms with Gasteiger partial charge in [-0.05, 0) is 86.7 Å². The van der Waals surface area contributed by atoms with Crippen LogP contribution in [-0.2, 0) is 4.79 Å². The van der Waals surface area contributed by atoms with Gasteiger partial charge in [0.15, 0.2) is 0 Å². The van der Waals surface area contributed by atoms with Gasteiger partial charge in [-0.1, -0.05) is 13.8 Å². The van der Waals surface area contributed by atoms with Crippen LogP contribution in [0.1, 0.15) is 87.1 Å². The van der Waals surface area contributed by atoms with E-state index in [2.05, 4.69) is 0 Å². The number of hydrogen-bond acceptors (Lipinski definition) is 3. The summed E-state index contributed by atoms with van der Waals surface area (Å²) in [5, 5.41) is 9.41. The van der Waals surface area contributed by atoms with Gasteiger partial charge in [0.2, 0.25) is 0 Å². The Kier molecular flexibility index (Phi) is 5.45. The number of carbonyl (C=O) groups is 2. The highest BCUT2D eigenvalue weighted by molar-refractivity contribution is 5.97. The van der Waals surface area contributed by atoms with Crippen molar-refractivity contribution in [1.29, 1.82) is 0 Å². The number of aliphatic carboxylic acids is 1. The lowest BCUT2D eigenvalue weighted by atomic mass is 9.50. The van der Waals surface area contributed by atoms with E-state index in [1.807, 2.05) is 13.8 Å². The van der Waals surface area contributed by atoms with Crippen molar-refractivity contribution in [2.45, 2.75) is 77.2 Å². The average Bonchev–Trinajstić information content (AvgIpc) is 3.21. The molecule has 32 heavy (non-hydrogen) atoms. The molecule has 1 aromatic carbocycles. The van der Waals surface area contributed by atoms with Crippen molar-refractivity contribution in [1.82, 2.24) is 4.90 Å². The molecule has 0 aromatic heterocycles. The summed E-state index contributed by atoms with van der Waals surface area (Å²) in [6, 6.07) is 2.07. The molecule has 6 heteroatoms. The molecule has 1 saturated heterocycles. The first-order valence-electron chi connectivity index (χ1n) is 12.2. The van der Waals surface area contributed by atoms with Crippen LogP contribution in [0.3, 0.4) is 0 Å². The highest BCUT2D eigenvalue weighted by atomic mass is 19.1. The lowest BCUT2D eigenvalue weighted by molar-refractivity contribution is -0.141. The summed E-state index contributed by atoms with van der Waals surface area (Å²) in [5.74, 6) is 0.869. The van der Waals surface area contributed by atoms with Crippen LogP contribution >= 0.6 is 0 Å². The topological polar surface area (TPSA) is 66.8 Å². The number of carboxylic acids is 1. The minimum Gasteiger partial charge on any atom is -0.493 e. The summed E-state index contributed by atoms with van der Waals surface area (Å²) < 4.78 is 21.5. The van der Waals surface area contributed by atoms with Crippen LogP contribution in [0.25, 0.3) is 0 Å². The maximum Gasteiger partial charge on any atom is 0.326 e. The first kappa shape index (κ1) is 21.7. The van der Waals surface area contributed by atoms with E-state index in [0.717, 1.165) is 23.3 Å². The summed E-state index contributed by atoms with van der Waals surface area (Å²) in [7, 11) is 0. The Balaban J connectivity index is 1.37. The van der Waals surface area contributed by atoms with E-state index in [1.54, 1.807) is 6.07 Å². The predicted molar refractivity (Wildman–Crippen MR) is 118 cm³/mol. The van der Waals surface area contributed by atoms with Gasteiger partial charge in [-0.15, -0.1) is 0 Å². The number of likely N-dealkylation sites (tertiary alicyclic amines) is 1. The fraction of sp³-hybridized carbons (Fsp3) is 0.692. The molecule has 1 aliphatic heterocycles. The highest BCUT2D eigenvalue weighted by Gasteiger charge is 2.51. The van der Waals surface area contributed by atoms with E-state index < -0.39 is 23.7 Å². The zero-order valence-corrected chi connectivity index (χ0v) is 19.1. The molecule has 1 heterocycles. The number of nitrogens with zero attached hydrogens (tertiary/aromatic N) is 1. The summed E-state index contributed by atoms with van der Waals surface area (Å²) in [5.41, 5.74) is 0.979. The molecule has 0 radical (unpaired) electrons. The number of carbonyl (C=O) groups excluding carboxylic acids is 1. The van der Waals surface area contributed by atoms with Gasteiger partial charge in [-0.3, -0.25) is 4.79 Å². The second-order valence-corrected chi connectivity index (χ2v) is 11.2. The quantitative estimate of drug-likeness (QED) is 0.653. The maximum absolute atomic E-state index is 15.1. The van der Waals surface area contributed by atoms with Crippen molar-refractivity contribution in [3.05, 3.63) is 29.1 Å². The van der Waals surface area contributed by atoms with E-state index in [9.17, 15) is 14.7 Å². The molecule has 1 N–H and O–H groups in total. The van der Waals surface area contributed by atoms with Crippen molar-refractivity contribution in [2.75, 3.05) is 13.2 Å². The number of rotatable bonds is 6. The molecule has 4 saturated carbocycles. The Labute approximate surface area is 189 Å². The van der Waals surface area contributed by atoms with Crippen LogP contribution < -0.4 is 4.74 Å². The fourth-order valence-electron chi connectivity index (χ4n) is 7.43. The number of amides is 1. The molecule has 6 rings (SSSR count). The van der Waals surface area contributed by atoms with Gasteiger partial charge in [-0.2, -0.15) is 0 Å². The molecule has 5 fully saturated rings. The lowest BCUT2D eigenvalue weighted by Gasteiger charge is -2.56. The van der Waals surface area contributed by atoms with Crippen LogP contribution in [0.2, 0.25) is 0 Å². The Bertz CT molecular complexity index is 891. The van der Waals surface area contributed by atoms with Crippen molar-refractivity contribution in [3.63, 3.8) is 0 Å². The third kappa shape index (κ3) is 3.80. The molecule has 5 nitrogen and oxygen atoms in total. The predicted octanol–water partition coefficient (Wildman–Crippen LogP) is 5.23. The molecule has 1 aromatic rings. The summed E-state index contributed by atoms with van der Waals surface area (Å²) in [4.78, 5) is 25.8. The number of carboxylic acid groups (broad SMARTS) is 1. The summed E-state index contributed by atoms with van der Waals surface area (Å²) >= 11 is 0. The van der Waals surface area contributed by atoms with Gasteiger partial charge in [0.1, 0.15) is 17.6 Å². The monoisotopic (exact) mass is 443 g/mol. The number of hydrogen-bond donors (Lipinski definition) is 1. The van der Waals surface area contributed by atoms with E-state index >= 15 is 4.39 Å². The second-order valence-electron chi connectivity index (χ2n) is 11.2. The van der Waals surface area contributed by atoms with Crippen LogP contribution in [0.5, 0.6) is 5.75 Å². The average molecular weight is 444 g/mol. The fourth-order valence-corrected chi connectivity index (χ4v) is 7.43. The highest BCUT2D eigenvalue weighted by Crippen LogP contribution is 2.60. The third-order valence-electron chi connectivity index (χ3n) is 8.45. The zero-order valence-electron chi connectivity index (χ0n) is 19.1. The van der Waals surface area contributed by atoms with E-state index in [0.29, 0.717) is 31.7 Å². The first-order chi connectivity index (χ1) is 15.2. The zero-order chi connectivity index (χ0) is 22.6. The molecule has 4 aliphatic carbocycles. The third-order valence-corrected chi connectivity index (χ3v) is 8.45. The van der Waals surface area contributed by atoms with Crippen molar-refractivity contribution in [2.24, 2.45) is 23.2 Å². The van der Waals surface area contributed by atoms with Gasteiger partial charge in [0.25, 0.3) is 5.91 Å². The van der Waals surface area contributed by atoms with Crippen molar-refractivity contribution in [3.8, 4) is 5.75 Å². The van der Waals surface area contributed by atoms with Gasteiger partial charge in [0, 0.05) is 18.0 Å². The molecular weight excluding hydrogens is 409 g/mol. The van der Waals surface area contributed by atoms with E-state index in [1.165, 1.54) is 49.5 Å². The van der Waals surface area contributed by atoms with Crippen LogP contribution in [0.15, 0.2) is 12.1 Å². The number of benzene rings is 1. The van der Waals surface area contributed by atoms with Gasteiger partial charge in [0.05, 0.1) is 12.2 Å². The van der Waals surface area contributed by atoms with E-state index in [4.69, 9.17) is 4.74 Å². The maximum atomic E-state index is 15.1. The SMILES string of the molecule is CC(C)c1cc(C(=O)N2CCCC2C(=O)O)c(F)cc1OCC12CC3CC(CC(C3)C1)C2. The minimum atomic E-state index is -1.03. The summed E-state index contributed by atoms with van der Waals surface area (Å²) in [6.07, 6.45) is 8.81. The second kappa shape index (κ2) is 8.03. The molecule has 5 aliphatic rings. The largest absolute Gasteiger partial charge is 0.493 e. The number of halogens is 1. The molecule has 174 valence electrons. The first-order valence-corrected chi connectivity index (χ1v) is 12.2. The minimum absolute atomic E-state index is 0.0518. The normalized spacial score (nSPS) is 33.2. The van der Waals surface area contributed by atoms with Gasteiger partial charge >= 0.3 is 5.97 Å². The van der Waals surface area contributed by atoms with Crippen LogP contribution in [-0.4, -0.2) is 41.1 Å². The van der Waals surface area contributed by atoms with Crippen LogP contribution in [0, 0.1) is 29.0 Å². The smallest absolute Gasteiger partial charge is 0.326 e. The molecule has 1 unspecified atom stereocenters. The van der Waals surface area contributed by atoms with Crippen LogP contribution in [0.4, 0.5) is 4.39 Å². The Hall–Kier alpha value is -2.11. The molecule has 1 amide bonds. The van der Waals surface area contributed by atoms with Crippen molar-refractivity contribution < 1.29 is 23.8 Å². The van der Waals surface area contributed by atoms with Gasteiger partial charge < -0.3 is 14.7 Å². The standard InChI is InChI=1S/C26H34FNO4/c1-15(2)19-9-20(24(29)28-5-3-4-22(28)25(30)31)21(27)10-23(19)32-14-26-11-16-6-17(12-26)8-18(7-16)13-26/h9-10,15-18,22H,3-8,11-14H2,1-2H3,(H,30,31). The lowest BCUT2D eigenvalue weighted by Crippen LogP contribution is -2.48. The molecule has 1 atom stereocenters. The van der Waals surface area contributed by atoms with E-state index in [-0.39, 0.29) is 16.9 Å². The molecule has 0 spiro atoms. The Morgan fingerprint density at radius 3 is 2.34 bits per heavy atom. The number of ether oxygens (including phenoxy) is 1. The van der Waals surface area contributed by atoms with Gasteiger partial charge in [-0.25, -0.2) is 9.18 Å². The molecular formula is C26H34FNO4. The Morgan fingerprint density at radius 2 is 1.78 bits per heavy atom. The van der Waals surface area contributed by atoms with Crippen molar-refractivity contribution >= 4 is 11.9 Å².